The van der Waals surface area contributed by atoms with Crippen molar-refractivity contribution >= 4 is 92.6 Å². The van der Waals surface area contributed by atoms with E-state index in [1.54, 1.807) is 42.5 Å². The van der Waals surface area contributed by atoms with Gasteiger partial charge in [-0.3, -0.25) is 14.4 Å². The number of ether oxygens (including phenoxy) is 4. The number of anilines is 3. The number of esters is 2. The van der Waals surface area contributed by atoms with Gasteiger partial charge in [-0.2, -0.15) is 39.5 Å². The fourth-order valence-electron chi connectivity index (χ4n) is 7.19. The average molecular weight is 1250 g/mol. The zero-order valence-corrected chi connectivity index (χ0v) is 45.8. The molecule has 1 aliphatic rings. The number of pyridine rings is 3. The third-order valence-corrected chi connectivity index (χ3v) is 12.1. The first kappa shape index (κ1) is 66.6. The van der Waals surface area contributed by atoms with Gasteiger partial charge in [0.15, 0.2) is 17.2 Å². The van der Waals surface area contributed by atoms with Crippen LogP contribution < -0.4 is 30.6 Å². The molecule has 8 aromatic rings. The van der Waals surface area contributed by atoms with Gasteiger partial charge in [-0.1, -0.05) is 42.2 Å². The van der Waals surface area contributed by atoms with E-state index in [0.29, 0.717) is 67.2 Å². The lowest BCUT2D eigenvalue weighted by Gasteiger charge is -2.11. The summed E-state index contributed by atoms with van der Waals surface area (Å²) in [4.78, 5) is 75.3. The van der Waals surface area contributed by atoms with Crippen LogP contribution in [0.1, 0.15) is 89.9 Å². The minimum Gasteiger partial charge on any atom is -0.478 e. The summed E-state index contributed by atoms with van der Waals surface area (Å²) in [5.74, 6) is -1.71. The van der Waals surface area contributed by atoms with Crippen LogP contribution in [0.25, 0.3) is 22.4 Å². The van der Waals surface area contributed by atoms with Crippen LogP contribution in [0.4, 0.5) is 56.6 Å². The molecule has 0 radical (unpaired) electrons. The second kappa shape index (κ2) is 27.5. The number of aromatic carboxylic acids is 1. The molecular formula is C55H44Cl3F9N8O10. The van der Waals surface area contributed by atoms with Crippen LogP contribution in [-0.4, -0.2) is 73.7 Å². The van der Waals surface area contributed by atoms with E-state index in [9.17, 15) is 63.5 Å². The van der Waals surface area contributed by atoms with E-state index in [1.807, 2.05) is 0 Å². The second-order valence-electron chi connectivity index (χ2n) is 17.2. The van der Waals surface area contributed by atoms with Crippen molar-refractivity contribution in [2.24, 2.45) is 0 Å². The Morgan fingerprint density at radius 3 is 1.52 bits per heavy atom. The quantitative estimate of drug-likeness (QED) is 0.0410. The number of nitrogens with two attached hydrogens (primary N) is 1. The fourth-order valence-corrected chi connectivity index (χ4v) is 7.75. The summed E-state index contributed by atoms with van der Waals surface area (Å²) >= 11 is 17.9. The smallest absolute Gasteiger partial charge is 0.433 e. The number of H-pyrrole nitrogens is 1. The van der Waals surface area contributed by atoms with Crippen LogP contribution in [0.3, 0.4) is 0 Å². The molecule has 0 fully saturated rings. The molecule has 4 aromatic carbocycles. The number of aromatic amines is 1. The summed E-state index contributed by atoms with van der Waals surface area (Å²) in [5.41, 5.74) is 4.80. The summed E-state index contributed by atoms with van der Waals surface area (Å²) in [7, 11) is 1.18. The van der Waals surface area contributed by atoms with Gasteiger partial charge in [0.2, 0.25) is 6.79 Å². The topological polar surface area (TPSA) is 260 Å². The van der Waals surface area contributed by atoms with E-state index in [-0.39, 0.29) is 64.3 Å². The monoisotopic (exact) mass is 1250 g/mol. The summed E-state index contributed by atoms with van der Waals surface area (Å²) in [5, 5.41) is 14.6. The van der Waals surface area contributed by atoms with Gasteiger partial charge >= 0.3 is 36.4 Å². The predicted molar refractivity (Wildman–Crippen MR) is 294 cm³/mol. The van der Waals surface area contributed by atoms with Crippen molar-refractivity contribution in [2.45, 2.75) is 53.7 Å². The standard InChI is InChI=1S/C22H14ClF3N4O3.C16H12ClF3N2O3.C8H8ClNO2.C8H6F3NO2.CH4/c1-10-12(3-5-19(27-10)22(24,25)26)21(31)28-11-2-4-14(23)13(6-11)20-29-15-7-17-18(33-9-32-17)8-16(15)30-20;1-8-10(4-6-13(21-8)16(18,19)20)14(23)22-9-3-5-12(17)11(7-9)15(24)25-2;1-5(11)12-8-4-6(10)2-3-7(8)9;1-4-5(7(13)14)2-3-6(12-4)8(9,10)11;/h2-8H,9H2,1H3,(H,28,31)(H,29,30);3-7H,1-2H3,(H,22,23);2-4H,10H2,1H3;2-3H,1H3,(H,13,14);1H4. The van der Waals surface area contributed by atoms with Crippen LogP contribution in [0.5, 0.6) is 17.2 Å². The molecule has 0 saturated heterocycles. The van der Waals surface area contributed by atoms with E-state index in [0.717, 1.165) is 30.3 Å². The lowest BCUT2D eigenvalue weighted by Crippen LogP contribution is -2.17. The Labute approximate surface area is 490 Å². The molecular weight excluding hydrogens is 1210 g/mol. The first-order valence-electron chi connectivity index (χ1n) is 23.4. The minimum absolute atomic E-state index is 0. The number of hydrogen-bond donors (Lipinski definition) is 5. The molecule has 0 bridgehead atoms. The number of benzene rings is 4. The molecule has 0 atom stereocenters. The van der Waals surface area contributed by atoms with E-state index >= 15 is 0 Å². The molecule has 448 valence electrons. The van der Waals surface area contributed by atoms with Gasteiger partial charge in [-0.25, -0.2) is 29.5 Å². The number of aromatic nitrogens is 5. The molecule has 0 aliphatic carbocycles. The summed E-state index contributed by atoms with van der Waals surface area (Å²) in [6.45, 7) is 5.32. The number of halogens is 12. The Kier molecular flexibility index (Phi) is 21.5. The largest absolute Gasteiger partial charge is 0.478 e. The zero-order chi connectivity index (χ0) is 62.2. The van der Waals surface area contributed by atoms with Gasteiger partial charge in [0.05, 0.1) is 72.5 Å². The van der Waals surface area contributed by atoms with Gasteiger partial charge in [-0.15, -0.1) is 0 Å². The lowest BCUT2D eigenvalue weighted by molar-refractivity contribution is -0.142. The molecule has 5 heterocycles. The molecule has 9 rings (SSSR count). The Balaban J connectivity index is 0.000000223. The number of rotatable bonds is 8. The number of hydrogen-bond acceptors (Lipinski definition) is 14. The number of methoxy groups -OCH3 is 1. The molecule has 2 amide bonds. The molecule has 6 N–H and O–H groups in total. The number of carboxylic acid groups (broad SMARTS) is 1. The molecule has 18 nitrogen and oxygen atoms in total. The Bertz CT molecular complexity index is 3800. The number of carbonyl (C=O) groups excluding carboxylic acids is 4. The maximum absolute atomic E-state index is 12.8. The molecule has 0 unspecified atom stereocenters. The Morgan fingerprint density at radius 1 is 0.600 bits per heavy atom. The van der Waals surface area contributed by atoms with Crippen LogP contribution in [0.2, 0.25) is 15.1 Å². The van der Waals surface area contributed by atoms with Crippen LogP contribution in [0.15, 0.2) is 103 Å². The van der Waals surface area contributed by atoms with Crippen molar-refractivity contribution in [3.63, 3.8) is 0 Å². The number of aryl methyl sites for hydroxylation is 3. The third-order valence-electron chi connectivity index (χ3n) is 11.1. The van der Waals surface area contributed by atoms with Crippen molar-refractivity contribution < 1.29 is 87.5 Å². The highest BCUT2D eigenvalue weighted by Gasteiger charge is 2.35. The van der Waals surface area contributed by atoms with Crippen molar-refractivity contribution in [3.05, 3.63) is 175 Å². The SMILES string of the molecule is C.CC(=O)Oc1cc(N)ccc1Cl.COC(=O)c1cc(NC(=O)c2ccc(C(F)(F)F)nc2C)ccc1Cl.Cc1nc(C(F)(F)F)ccc1C(=O)Nc1ccc(Cl)c(-c2nc3cc4c(cc3[nH]2)OCO4)c1.Cc1nc(C(F)(F)F)ccc1C(=O)O. The van der Waals surface area contributed by atoms with Crippen molar-refractivity contribution in [1.29, 1.82) is 0 Å². The zero-order valence-electron chi connectivity index (χ0n) is 43.5. The Morgan fingerprint density at radius 2 is 1.06 bits per heavy atom. The number of nitrogens with zero attached hydrogens (tertiary/aromatic N) is 4. The van der Waals surface area contributed by atoms with Gasteiger partial charge in [0.1, 0.15) is 22.9 Å². The number of amides is 2. The second-order valence-corrected chi connectivity index (χ2v) is 18.4. The highest BCUT2D eigenvalue weighted by Crippen LogP contribution is 2.38. The maximum atomic E-state index is 12.8. The van der Waals surface area contributed by atoms with Crippen LogP contribution in [-0.2, 0) is 28.1 Å². The first-order chi connectivity index (χ1) is 39.2. The number of carbonyl (C=O) groups is 5. The van der Waals surface area contributed by atoms with Crippen molar-refractivity contribution in [2.75, 3.05) is 30.3 Å². The van der Waals surface area contributed by atoms with Gasteiger partial charge < -0.3 is 45.4 Å². The average Bonchev–Trinajstić information content (AvgIpc) is 4.01. The number of nitrogen functional groups attached to an aromatic ring is 1. The van der Waals surface area contributed by atoms with Gasteiger partial charge in [0.25, 0.3) is 11.8 Å². The first-order valence-corrected chi connectivity index (χ1v) is 24.6. The lowest BCUT2D eigenvalue weighted by atomic mass is 10.1. The molecule has 85 heavy (non-hydrogen) atoms. The molecule has 0 spiro atoms. The van der Waals surface area contributed by atoms with E-state index in [2.05, 4.69) is 40.3 Å². The maximum Gasteiger partial charge on any atom is 0.433 e. The molecule has 30 heteroatoms. The third kappa shape index (κ3) is 17.4. The van der Waals surface area contributed by atoms with Gasteiger partial charge in [-0.05, 0) is 106 Å². The number of alkyl halides is 9. The number of nitrogens with one attached hydrogen (secondary N) is 3. The summed E-state index contributed by atoms with van der Waals surface area (Å²) in [6.07, 6.45) is -13.7. The molecule has 4 aromatic heterocycles. The normalized spacial score (nSPS) is 11.5. The highest BCUT2D eigenvalue weighted by atomic mass is 35.5. The molecule has 0 saturated carbocycles. The minimum atomic E-state index is -4.59. The summed E-state index contributed by atoms with van der Waals surface area (Å²) in [6, 6.07) is 22.3. The Hall–Kier alpha value is -9.21. The number of carboxylic acids is 1. The van der Waals surface area contributed by atoms with Gasteiger partial charge in [0, 0.05) is 47.7 Å². The van der Waals surface area contributed by atoms with Crippen LogP contribution >= 0.6 is 34.8 Å². The van der Waals surface area contributed by atoms with Crippen LogP contribution in [0, 0.1) is 20.8 Å². The van der Waals surface area contributed by atoms with Crippen molar-refractivity contribution in [1.82, 2.24) is 24.9 Å². The van der Waals surface area contributed by atoms with E-state index in [1.165, 1.54) is 59.1 Å². The summed E-state index contributed by atoms with van der Waals surface area (Å²) < 4.78 is 133. The number of imidazole rings is 1. The van der Waals surface area contributed by atoms with Crippen molar-refractivity contribution in [3.8, 4) is 28.6 Å². The fraction of sp³-hybridized carbons (Fsp3) is 0.182. The predicted octanol–water partition coefficient (Wildman–Crippen LogP) is 14.3. The highest BCUT2D eigenvalue weighted by molar-refractivity contribution is 6.34. The molecule has 1 aliphatic heterocycles. The van der Waals surface area contributed by atoms with E-state index in [4.69, 9.17) is 59.9 Å². The van der Waals surface area contributed by atoms with E-state index < -0.39 is 65.3 Å². The number of fused-ring (bicyclic) bond motifs is 2.